The number of hydrogen-bond donors (Lipinski definition) is 2. The lowest BCUT2D eigenvalue weighted by Crippen LogP contribution is -2.50. The predicted molar refractivity (Wildman–Crippen MR) is 126 cm³/mol. The molecule has 0 unspecified atom stereocenters. The Kier molecular flexibility index (Phi) is 6.60. The van der Waals surface area contributed by atoms with Gasteiger partial charge in [0.15, 0.2) is 0 Å². The first-order valence-corrected chi connectivity index (χ1v) is 10.5. The number of ether oxygens (including phenoxy) is 1. The number of para-hydroxylation sites is 2. The number of rotatable bonds is 7. The average Bonchev–Trinajstić information content (AvgIpc) is 2.87. The Hall–Kier alpha value is -3.94. The highest BCUT2D eigenvalue weighted by Gasteiger charge is 2.23. The van der Waals surface area contributed by atoms with Crippen LogP contribution in [0, 0.1) is 5.41 Å². The lowest BCUT2D eigenvalue weighted by molar-refractivity contribution is -0.129. The van der Waals surface area contributed by atoms with Crippen LogP contribution in [0.4, 0.5) is 11.4 Å². The Morgan fingerprint density at radius 3 is 2.47 bits per heavy atom. The highest BCUT2D eigenvalue weighted by atomic mass is 16.5. The summed E-state index contributed by atoms with van der Waals surface area (Å²) in [4.78, 5) is 25.4. The van der Waals surface area contributed by atoms with Crippen molar-refractivity contribution >= 4 is 23.5 Å². The summed E-state index contributed by atoms with van der Waals surface area (Å²) in [7, 11) is 1.55. The summed E-state index contributed by atoms with van der Waals surface area (Å²) in [6, 6.07) is 16.0. The van der Waals surface area contributed by atoms with Crippen molar-refractivity contribution in [1.29, 1.82) is 5.41 Å². The van der Waals surface area contributed by atoms with Gasteiger partial charge in [0.2, 0.25) is 5.91 Å². The number of piperazine rings is 1. The van der Waals surface area contributed by atoms with Crippen LogP contribution in [0.1, 0.15) is 5.56 Å². The molecule has 1 aliphatic heterocycles. The number of anilines is 2. The SMILES string of the molecule is COc1ncc(-c2ccccc2N2CCN(C(=O)CNc3ccccc3C=N)CC2)cn1. The van der Waals surface area contributed by atoms with Crippen LogP contribution in [0.15, 0.2) is 60.9 Å². The molecule has 0 radical (unpaired) electrons. The number of amides is 1. The largest absolute Gasteiger partial charge is 0.467 e. The van der Waals surface area contributed by atoms with Gasteiger partial charge in [-0.3, -0.25) is 4.79 Å². The van der Waals surface area contributed by atoms with E-state index in [1.54, 1.807) is 19.5 Å². The number of nitrogens with zero attached hydrogens (tertiary/aromatic N) is 4. The number of methoxy groups -OCH3 is 1. The number of hydrogen-bond acceptors (Lipinski definition) is 7. The average molecular weight is 431 g/mol. The van der Waals surface area contributed by atoms with Gasteiger partial charge in [-0.1, -0.05) is 36.4 Å². The van der Waals surface area contributed by atoms with Gasteiger partial charge >= 0.3 is 6.01 Å². The summed E-state index contributed by atoms with van der Waals surface area (Å²) in [6.45, 7) is 3.01. The van der Waals surface area contributed by atoms with Gasteiger partial charge in [-0.25, -0.2) is 9.97 Å². The minimum Gasteiger partial charge on any atom is -0.467 e. The minimum absolute atomic E-state index is 0.0567. The molecule has 0 atom stereocenters. The number of benzene rings is 2. The fourth-order valence-corrected chi connectivity index (χ4v) is 3.82. The van der Waals surface area contributed by atoms with E-state index in [0.29, 0.717) is 19.1 Å². The summed E-state index contributed by atoms with van der Waals surface area (Å²) < 4.78 is 5.06. The highest BCUT2D eigenvalue weighted by Crippen LogP contribution is 2.31. The van der Waals surface area contributed by atoms with E-state index in [2.05, 4.69) is 32.3 Å². The Morgan fingerprint density at radius 1 is 1.06 bits per heavy atom. The second kappa shape index (κ2) is 9.91. The molecular weight excluding hydrogens is 404 g/mol. The smallest absolute Gasteiger partial charge is 0.316 e. The molecule has 32 heavy (non-hydrogen) atoms. The molecule has 8 nitrogen and oxygen atoms in total. The zero-order chi connectivity index (χ0) is 22.3. The van der Waals surface area contributed by atoms with Gasteiger partial charge in [-0.05, 0) is 12.1 Å². The summed E-state index contributed by atoms with van der Waals surface area (Å²) in [5, 5.41) is 10.7. The van der Waals surface area contributed by atoms with Crippen molar-refractivity contribution in [1.82, 2.24) is 14.9 Å². The molecule has 1 aliphatic rings. The van der Waals surface area contributed by atoms with Crippen molar-refractivity contribution in [2.45, 2.75) is 0 Å². The molecule has 0 saturated carbocycles. The molecule has 3 aromatic rings. The first kappa shape index (κ1) is 21.3. The van der Waals surface area contributed by atoms with E-state index in [0.717, 1.165) is 41.2 Å². The van der Waals surface area contributed by atoms with E-state index >= 15 is 0 Å². The predicted octanol–water partition coefficient (Wildman–Crippen LogP) is 2.91. The second-order valence-corrected chi connectivity index (χ2v) is 7.43. The molecular formula is C24H26N6O2. The minimum atomic E-state index is 0.0567. The fraction of sp³-hybridized carbons (Fsp3) is 0.250. The molecule has 2 aromatic carbocycles. The lowest BCUT2D eigenvalue weighted by Gasteiger charge is -2.37. The monoisotopic (exact) mass is 430 g/mol. The van der Waals surface area contributed by atoms with E-state index in [1.807, 2.05) is 41.3 Å². The Balaban J connectivity index is 1.38. The third kappa shape index (κ3) is 4.69. The van der Waals surface area contributed by atoms with Crippen LogP contribution in [-0.4, -0.2) is 66.8 Å². The molecule has 1 amide bonds. The molecule has 4 rings (SSSR count). The maximum Gasteiger partial charge on any atom is 0.316 e. The number of nitrogens with one attached hydrogen (secondary N) is 2. The van der Waals surface area contributed by atoms with Crippen molar-refractivity contribution in [2.75, 3.05) is 50.1 Å². The first-order chi connectivity index (χ1) is 15.7. The van der Waals surface area contributed by atoms with Crippen molar-refractivity contribution in [3.63, 3.8) is 0 Å². The lowest BCUT2D eigenvalue weighted by atomic mass is 10.1. The standard InChI is InChI=1S/C24H26N6O2/c1-32-24-27-15-19(16-28-24)20-7-3-5-9-22(20)29-10-12-30(13-11-29)23(31)17-26-21-8-4-2-6-18(21)14-25/h2-9,14-16,25-26H,10-13,17H2,1H3. The van der Waals surface area contributed by atoms with Gasteiger partial charge < -0.3 is 25.3 Å². The third-order valence-corrected chi connectivity index (χ3v) is 5.55. The highest BCUT2D eigenvalue weighted by molar-refractivity contribution is 5.88. The zero-order valence-electron chi connectivity index (χ0n) is 18.0. The maximum atomic E-state index is 12.7. The Morgan fingerprint density at radius 2 is 1.75 bits per heavy atom. The van der Waals surface area contributed by atoms with E-state index in [1.165, 1.54) is 6.21 Å². The molecule has 0 spiro atoms. The van der Waals surface area contributed by atoms with Gasteiger partial charge in [0.25, 0.3) is 0 Å². The van der Waals surface area contributed by atoms with Gasteiger partial charge in [0.1, 0.15) is 0 Å². The van der Waals surface area contributed by atoms with E-state index in [-0.39, 0.29) is 12.5 Å². The van der Waals surface area contributed by atoms with Crippen LogP contribution >= 0.6 is 0 Å². The summed E-state index contributed by atoms with van der Waals surface area (Å²) in [5.41, 5.74) is 4.65. The summed E-state index contributed by atoms with van der Waals surface area (Å²) >= 11 is 0. The number of aromatic nitrogens is 2. The van der Waals surface area contributed by atoms with Crippen LogP contribution in [-0.2, 0) is 4.79 Å². The van der Waals surface area contributed by atoms with Crippen LogP contribution in [0.3, 0.4) is 0 Å². The molecule has 164 valence electrons. The van der Waals surface area contributed by atoms with Gasteiger partial charge in [-0.2, -0.15) is 0 Å². The third-order valence-electron chi connectivity index (χ3n) is 5.55. The first-order valence-electron chi connectivity index (χ1n) is 10.5. The summed E-state index contributed by atoms with van der Waals surface area (Å²) in [5.74, 6) is 0.0567. The molecule has 2 heterocycles. The van der Waals surface area contributed by atoms with Gasteiger partial charge in [0, 0.05) is 72.9 Å². The van der Waals surface area contributed by atoms with Crippen LogP contribution in [0.2, 0.25) is 0 Å². The number of carbonyl (C=O) groups excluding carboxylic acids is 1. The van der Waals surface area contributed by atoms with Crippen LogP contribution in [0.5, 0.6) is 6.01 Å². The quantitative estimate of drug-likeness (QED) is 0.560. The van der Waals surface area contributed by atoms with Crippen molar-refractivity contribution in [3.8, 4) is 17.1 Å². The Labute approximate surface area is 187 Å². The van der Waals surface area contributed by atoms with E-state index in [9.17, 15) is 4.79 Å². The van der Waals surface area contributed by atoms with E-state index < -0.39 is 0 Å². The normalized spacial score (nSPS) is 13.5. The molecule has 1 aromatic heterocycles. The van der Waals surface area contributed by atoms with Crippen LogP contribution < -0.4 is 15.0 Å². The molecule has 1 saturated heterocycles. The zero-order valence-corrected chi connectivity index (χ0v) is 18.0. The van der Waals surface area contributed by atoms with Gasteiger partial charge in [-0.15, -0.1) is 0 Å². The van der Waals surface area contributed by atoms with Crippen molar-refractivity contribution in [2.24, 2.45) is 0 Å². The summed E-state index contributed by atoms with van der Waals surface area (Å²) in [6.07, 6.45) is 4.82. The molecule has 0 bridgehead atoms. The second-order valence-electron chi connectivity index (χ2n) is 7.43. The fourth-order valence-electron chi connectivity index (χ4n) is 3.82. The topological polar surface area (TPSA) is 94.4 Å². The van der Waals surface area contributed by atoms with Crippen molar-refractivity contribution in [3.05, 3.63) is 66.5 Å². The molecule has 1 fully saturated rings. The van der Waals surface area contributed by atoms with Crippen LogP contribution in [0.25, 0.3) is 11.1 Å². The molecule has 0 aliphatic carbocycles. The number of carbonyl (C=O) groups is 1. The molecule has 8 heteroatoms. The maximum absolute atomic E-state index is 12.7. The van der Waals surface area contributed by atoms with Gasteiger partial charge in [0.05, 0.1) is 13.7 Å². The van der Waals surface area contributed by atoms with Crippen molar-refractivity contribution < 1.29 is 9.53 Å². The Bertz CT molecular complexity index is 1080. The van der Waals surface area contributed by atoms with E-state index in [4.69, 9.17) is 10.1 Å². The molecule has 2 N–H and O–H groups in total.